The Bertz CT molecular complexity index is 492. The van der Waals surface area contributed by atoms with E-state index in [1.807, 2.05) is 0 Å². The number of carbonyl (C=O) groups excluding carboxylic acids is 1. The van der Waals surface area contributed by atoms with Gasteiger partial charge in [-0.3, -0.25) is 9.79 Å². The predicted octanol–water partition coefficient (Wildman–Crippen LogP) is 2.46. The van der Waals surface area contributed by atoms with Crippen LogP contribution in [-0.2, 0) is 11.2 Å². The summed E-state index contributed by atoms with van der Waals surface area (Å²) in [6.07, 6.45) is 3.61. The van der Waals surface area contributed by atoms with Gasteiger partial charge in [-0.15, -0.1) is 24.0 Å². The minimum Gasteiger partial charge on any atom is -0.370 e. The molecule has 1 aromatic rings. The highest BCUT2D eigenvalue weighted by atomic mass is 127. The number of nitrogens with two attached hydrogens (primary N) is 1. The van der Waals surface area contributed by atoms with Crippen LogP contribution in [0.4, 0.5) is 0 Å². The minimum absolute atomic E-state index is 0. The van der Waals surface area contributed by atoms with Gasteiger partial charge in [-0.2, -0.15) is 11.3 Å². The largest absolute Gasteiger partial charge is 0.370 e. The molecule has 1 aromatic heterocycles. The number of aliphatic imine (C=N–C) groups is 1. The van der Waals surface area contributed by atoms with Crippen LogP contribution >= 0.6 is 35.3 Å². The van der Waals surface area contributed by atoms with E-state index in [4.69, 9.17) is 10.7 Å². The van der Waals surface area contributed by atoms with Crippen molar-refractivity contribution in [2.75, 3.05) is 26.2 Å². The fraction of sp³-hybridized carbons (Fsp3) is 0.625. The number of rotatable bonds is 6. The van der Waals surface area contributed by atoms with Gasteiger partial charge in [0.05, 0.1) is 0 Å². The maximum absolute atomic E-state index is 11.1. The zero-order valence-corrected chi connectivity index (χ0v) is 16.8. The summed E-state index contributed by atoms with van der Waals surface area (Å²) >= 11 is 1.72. The van der Waals surface area contributed by atoms with E-state index in [2.05, 4.69) is 34.0 Å². The Labute approximate surface area is 159 Å². The Morgan fingerprint density at radius 1 is 1.57 bits per heavy atom. The third kappa shape index (κ3) is 7.07. The predicted molar refractivity (Wildman–Crippen MR) is 108 cm³/mol. The molecular formula is C16H27IN4OS. The highest BCUT2D eigenvalue weighted by Gasteiger charge is 2.23. The Balaban J connectivity index is 0.00000264. The van der Waals surface area contributed by atoms with E-state index in [9.17, 15) is 4.79 Å². The monoisotopic (exact) mass is 450 g/mol. The number of carbonyl (C=O) groups is 1. The van der Waals surface area contributed by atoms with Crippen LogP contribution in [0.3, 0.4) is 0 Å². The highest BCUT2D eigenvalue weighted by Crippen LogP contribution is 2.19. The maximum atomic E-state index is 11.1. The van der Waals surface area contributed by atoms with Gasteiger partial charge in [0.25, 0.3) is 0 Å². The van der Waals surface area contributed by atoms with Crippen molar-refractivity contribution in [3.63, 3.8) is 0 Å². The van der Waals surface area contributed by atoms with E-state index >= 15 is 0 Å². The van der Waals surface area contributed by atoms with Crippen molar-refractivity contribution < 1.29 is 4.79 Å². The number of piperidine rings is 1. The first kappa shape index (κ1) is 20.2. The van der Waals surface area contributed by atoms with Crippen LogP contribution in [0.1, 0.15) is 31.7 Å². The third-order valence-corrected chi connectivity index (χ3v) is 4.62. The molecule has 1 unspecified atom stereocenters. The first-order valence-corrected chi connectivity index (χ1v) is 8.96. The van der Waals surface area contributed by atoms with Gasteiger partial charge in [0.15, 0.2) is 5.96 Å². The molecule has 2 rings (SSSR count). The standard InChI is InChI=1S/C16H26N4OS.HI/c1-2-18-16(19-7-5-13-6-9-22-12-13)20-8-3-4-14(11-20)10-15(17)21;/h6,9,12,14H,2-5,7-8,10-11H2,1H3,(H2,17,21)(H,18,19);1H. The first-order valence-electron chi connectivity index (χ1n) is 8.01. The molecule has 0 saturated carbocycles. The molecule has 1 aliphatic heterocycles. The Morgan fingerprint density at radius 3 is 3.04 bits per heavy atom. The summed E-state index contributed by atoms with van der Waals surface area (Å²) in [4.78, 5) is 18.1. The van der Waals surface area contributed by atoms with Crippen LogP contribution in [-0.4, -0.2) is 42.9 Å². The normalized spacial score (nSPS) is 18.4. The lowest BCUT2D eigenvalue weighted by Gasteiger charge is -2.34. The molecule has 1 aliphatic rings. The second-order valence-electron chi connectivity index (χ2n) is 5.74. The van der Waals surface area contributed by atoms with Crippen molar-refractivity contribution in [1.82, 2.24) is 10.2 Å². The van der Waals surface area contributed by atoms with Crippen LogP contribution in [0.15, 0.2) is 21.8 Å². The molecule has 130 valence electrons. The van der Waals surface area contributed by atoms with Gasteiger partial charge in [-0.25, -0.2) is 0 Å². The van der Waals surface area contributed by atoms with Crippen molar-refractivity contribution >= 4 is 47.2 Å². The number of halogens is 1. The maximum Gasteiger partial charge on any atom is 0.217 e. The zero-order valence-electron chi connectivity index (χ0n) is 13.7. The van der Waals surface area contributed by atoms with Crippen LogP contribution in [0.25, 0.3) is 0 Å². The lowest BCUT2D eigenvalue weighted by Crippen LogP contribution is -2.47. The molecule has 1 saturated heterocycles. The van der Waals surface area contributed by atoms with Crippen LogP contribution in [0.2, 0.25) is 0 Å². The molecule has 0 aliphatic carbocycles. The lowest BCUT2D eigenvalue weighted by atomic mass is 9.95. The average Bonchev–Trinajstić information content (AvgIpc) is 2.99. The number of guanidine groups is 1. The molecule has 1 amide bonds. The van der Waals surface area contributed by atoms with E-state index in [0.717, 1.165) is 51.4 Å². The second kappa shape index (κ2) is 10.9. The Morgan fingerprint density at radius 2 is 2.39 bits per heavy atom. The molecule has 0 spiro atoms. The average molecular weight is 450 g/mol. The van der Waals surface area contributed by atoms with Crippen molar-refractivity contribution in [3.8, 4) is 0 Å². The second-order valence-corrected chi connectivity index (χ2v) is 6.52. The third-order valence-electron chi connectivity index (χ3n) is 3.89. The molecule has 1 fully saturated rings. The molecule has 5 nitrogen and oxygen atoms in total. The molecular weight excluding hydrogens is 423 g/mol. The SMILES string of the molecule is CCNC(=NCCc1ccsc1)N1CCCC(CC(N)=O)C1.I. The molecule has 1 atom stereocenters. The molecule has 7 heteroatoms. The molecule has 0 aromatic carbocycles. The van der Waals surface area contributed by atoms with Crippen molar-refractivity contribution in [2.24, 2.45) is 16.6 Å². The number of nitrogens with zero attached hydrogens (tertiary/aromatic N) is 2. The topological polar surface area (TPSA) is 70.7 Å². The number of primary amides is 1. The van der Waals surface area contributed by atoms with Gasteiger partial charge in [-0.1, -0.05) is 0 Å². The minimum atomic E-state index is -0.203. The molecule has 0 bridgehead atoms. The van der Waals surface area contributed by atoms with Crippen molar-refractivity contribution in [2.45, 2.75) is 32.6 Å². The van der Waals surface area contributed by atoms with Crippen molar-refractivity contribution in [1.29, 1.82) is 0 Å². The van der Waals surface area contributed by atoms with Gasteiger partial charge >= 0.3 is 0 Å². The van der Waals surface area contributed by atoms with Crippen LogP contribution in [0.5, 0.6) is 0 Å². The Hall–Kier alpha value is -0.830. The first-order chi connectivity index (χ1) is 10.7. The highest BCUT2D eigenvalue weighted by molar-refractivity contribution is 14.0. The summed E-state index contributed by atoms with van der Waals surface area (Å²) in [6, 6.07) is 2.15. The van der Waals surface area contributed by atoms with Gasteiger partial charge in [0, 0.05) is 32.6 Å². The number of amides is 1. The quantitative estimate of drug-likeness (QED) is 0.398. The summed E-state index contributed by atoms with van der Waals surface area (Å²) in [7, 11) is 0. The lowest BCUT2D eigenvalue weighted by molar-refractivity contribution is -0.119. The van der Waals surface area contributed by atoms with Gasteiger partial charge in [0.1, 0.15) is 0 Å². The molecule has 23 heavy (non-hydrogen) atoms. The molecule has 2 heterocycles. The van der Waals surface area contributed by atoms with Crippen molar-refractivity contribution in [3.05, 3.63) is 22.4 Å². The number of likely N-dealkylation sites (tertiary alicyclic amines) is 1. The van der Waals surface area contributed by atoms with E-state index in [1.54, 1.807) is 11.3 Å². The van der Waals surface area contributed by atoms with E-state index in [1.165, 1.54) is 5.56 Å². The van der Waals surface area contributed by atoms with E-state index in [-0.39, 0.29) is 29.9 Å². The number of hydrogen-bond donors (Lipinski definition) is 2. The zero-order chi connectivity index (χ0) is 15.8. The fourth-order valence-corrected chi connectivity index (χ4v) is 3.56. The smallest absolute Gasteiger partial charge is 0.217 e. The summed E-state index contributed by atoms with van der Waals surface area (Å²) in [5.41, 5.74) is 6.68. The van der Waals surface area contributed by atoms with Crippen LogP contribution < -0.4 is 11.1 Å². The van der Waals surface area contributed by atoms with Gasteiger partial charge in [-0.05, 0) is 54.5 Å². The van der Waals surface area contributed by atoms with E-state index in [0.29, 0.717) is 12.3 Å². The summed E-state index contributed by atoms with van der Waals surface area (Å²) in [5.74, 6) is 1.12. The van der Waals surface area contributed by atoms with Gasteiger partial charge < -0.3 is 16.0 Å². The molecule has 0 radical (unpaired) electrons. The number of hydrogen-bond acceptors (Lipinski definition) is 3. The summed E-state index contributed by atoms with van der Waals surface area (Å²) in [5, 5.41) is 7.64. The molecule has 3 N–H and O–H groups in total. The number of nitrogens with one attached hydrogen (secondary N) is 1. The van der Waals surface area contributed by atoms with Crippen LogP contribution in [0, 0.1) is 5.92 Å². The van der Waals surface area contributed by atoms with E-state index < -0.39 is 0 Å². The summed E-state index contributed by atoms with van der Waals surface area (Å²) < 4.78 is 0. The number of thiophene rings is 1. The fourth-order valence-electron chi connectivity index (χ4n) is 2.86. The van der Waals surface area contributed by atoms with Gasteiger partial charge in [0.2, 0.25) is 5.91 Å². The Kier molecular flexibility index (Phi) is 9.54. The summed E-state index contributed by atoms with van der Waals surface area (Å²) in [6.45, 7) is 5.59.